The molecule has 0 spiro atoms. The van der Waals surface area contributed by atoms with Gasteiger partial charge in [0.05, 0.1) is 19.3 Å². The highest BCUT2D eigenvalue weighted by atomic mass is 32.1. The molecule has 2 heterocycles. The molecule has 1 atom stereocenters. The zero-order chi connectivity index (χ0) is 13.1. The van der Waals surface area contributed by atoms with Gasteiger partial charge in [0.2, 0.25) is 5.91 Å². The Morgan fingerprint density at radius 3 is 2.89 bits per heavy atom. The summed E-state index contributed by atoms with van der Waals surface area (Å²) in [6.45, 7) is 4.18. The summed E-state index contributed by atoms with van der Waals surface area (Å²) in [5, 5.41) is 7.40. The zero-order valence-electron chi connectivity index (χ0n) is 11.0. The second-order valence-electron chi connectivity index (χ2n) is 5.24. The summed E-state index contributed by atoms with van der Waals surface area (Å²) in [6.07, 6.45) is 2.12. The molecule has 1 aliphatic carbocycles. The van der Waals surface area contributed by atoms with Gasteiger partial charge in [-0.15, -0.1) is 0 Å². The van der Waals surface area contributed by atoms with Crippen LogP contribution in [0.25, 0.3) is 0 Å². The minimum atomic E-state index is 0.230. The van der Waals surface area contributed by atoms with Gasteiger partial charge in [0, 0.05) is 25.6 Å². The summed E-state index contributed by atoms with van der Waals surface area (Å²) >= 11 is 1.71. The van der Waals surface area contributed by atoms with E-state index < -0.39 is 0 Å². The molecule has 104 valence electrons. The lowest BCUT2D eigenvalue weighted by molar-refractivity contribution is -0.122. The Balaban J connectivity index is 1.63. The fraction of sp³-hybridized carbons (Fsp3) is 0.643. The van der Waals surface area contributed by atoms with Gasteiger partial charge < -0.3 is 10.1 Å². The van der Waals surface area contributed by atoms with Crippen LogP contribution in [0.15, 0.2) is 16.8 Å². The van der Waals surface area contributed by atoms with Gasteiger partial charge in [-0.25, -0.2) is 0 Å². The third-order valence-electron chi connectivity index (χ3n) is 3.83. The van der Waals surface area contributed by atoms with Crippen molar-refractivity contribution in [3.05, 3.63) is 22.4 Å². The average molecular weight is 280 g/mol. The number of ether oxygens (including phenoxy) is 1. The van der Waals surface area contributed by atoms with Crippen LogP contribution in [-0.2, 0) is 9.53 Å². The normalized spacial score (nSPS) is 22.1. The Bertz CT molecular complexity index is 411. The van der Waals surface area contributed by atoms with Crippen LogP contribution in [0.5, 0.6) is 0 Å². The molecule has 3 rings (SSSR count). The van der Waals surface area contributed by atoms with Gasteiger partial charge in [0.1, 0.15) is 0 Å². The summed E-state index contributed by atoms with van der Waals surface area (Å²) in [4.78, 5) is 14.2. The Hall–Kier alpha value is -0.910. The van der Waals surface area contributed by atoms with Crippen molar-refractivity contribution < 1.29 is 9.53 Å². The van der Waals surface area contributed by atoms with Crippen LogP contribution in [0.1, 0.15) is 24.4 Å². The van der Waals surface area contributed by atoms with Gasteiger partial charge in [0.25, 0.3) is 0 Å². The largest absolute Gasteiger partial charge is 0.379 e. The van der Waals surface area contributed by atoms with Crippen LogP contribution in [0.3, 0.4) is 0 Å². The summed E-state index contributed by atoms with van der Waals surface area (Å²) in [7, 11) is 0. The van der Waals surface area contributed by atoms with Crippen molar-refractivity contribution in [2.45, 2.75) is 18.9 Å². The molecule has 1 N–H and O–H groups in total. The average Bonchev–Trinajstić information content (AvgIpc) is 3.17. The fourth-order valence-electron chi connectivity index (χ4n) is 2.50. The van der Waals surface area contributed by atoms with Gasteiger partial charge in [-0.05, 0) is 35.2 Å². The van der Waals surface area contributed by atoms with Gasteiger partial charge >= 0.3 is 0 Å². The highest BCUT2D eigenvalue weighted by Crippen LogP contribution is 2.29. The number of hydrogen-bond donors (Lipinski definition) is 1. The van der Waals surface area contributed by atoms with E-state index in [1.165, 1.54) is 5.56 Å². The van der Waals surface area contributed by atoms with E-state index in [0.717, 1.165) is 39.1 Å². The molecule has 1 aromatic heterocycles. The lowest BCUT2D eigenvalue weighted by atomic mass is 10.1. The number of nitrogens with zero attached hydrogens (tertiary/aromatic N) is 1. The van der Waals surface area contributed by atoms with Crippen LogP contribution in [0.2, 0.25) is 0 Å². The third kappa shape index (κ3) is 3.35. The van der Waals surface area contributed by atoms with Gasteiger partial charge in [-0.1, -0.05) is 0 Å². The first kappa shape index (κ1) is 13.1. The molecule has 0 radical (unpaired) electrons. The van der Waals surface area contributed by atoms with E-state index in [9.17, 15) is 4.79 Å². The molecule has 1 aromatic rings. The second-order valence-corrected chi connectivity index (χ2v) is 6.02. The van der Waals surface area contributed by atoms with E-state index in [1.807, 2.05) is 0 Å². The molecule has 1 saturated heterocycles. The topological polar surface area (TPSA) is 41.6 Å². The van der Waals surface area contributed by atoms with E-state index in [1.54, 1.807) is 11.3 Å². The number of carbonyl (C=O) groups excluding carboxylic acids is 1. The van der Waals surface area contributed by atoms with Gasteiger partial charge in [0.15, 0.2) is 0 Å². The molecule has 2 fully saturated rings. The zero-order valence-corrected chi connectivity index (χ0v) is 11.8. The highest BCUT2D eigenvalue weighted by molar-refractivity contribution is 7.07. The van der Waals surface area contributed by atoms with Crippen molar-refractivity contribution in [1.82, 2.24) is 10.2 Å². The Labute approximate surface area is 117 Å². The molecule has 1 unspecified atom stereocenters. The molecule has 19 heavy (non-hydrogen) atoms. The smallest absolute Gasteiger partial charge is 0.223 e. The van der Waals surface area contributed by atoms with Crippen molar-refractivity contribution >= 4 is 17.2 Å². The lowest BCUT2D eigenvalue weighted by Gasteiger charge is -2.34. The Kier molecular flexibility index (Phi) is 4.15. The SMILES string of the molecule is O=C(NCC(c1ccsc1)N1CCOCC1)C1CC1. The Morgan fingerprint density at radius 1 is 1.47 bits per heavy atom. The molecule has 0 aromatic carbocycles. The predicted molar refractivity (Wildman–Crippen MR) is 75.2 cm³/mol. The molecule has 1 amide bonds. The first-order valence-electron chi connectivity index (χ1n) is 6.96. The maximum atomic E-state index is 11.8. The maximum absolute atomic E-state index is 11.8. The molecule has 1 saturated carbocycles. The van der Waals surface area contributed by atoms with E-state index >= 15 is 0 Å². The van der Waals surface area contributed by atoms with Crippen molar-refractivity contribution in [3.63, 3.8) is 0 Å². The van der Waals surface area contributed by atoms with Crippen molar-refractivity contribution in [3.8, 4) is 0 Å². The minimum Gasteiger partial charge on any atom is -0.379 e. The summed E-state index contributed by atoms with van der Waals surface area (Å²) in [5.74, 6) is 0.515. The van der Waals surface area contributed by atoms with Crippen LogP contribution in [0, 0.1) is 5.92 Å². The van der Waals surface area contributed by atoms with Crippen LogP contribution >= 0.6 is 11.3 Å². The molecule has 1 aliphatic heterocycles. The summed E-state index contributed by atoms with van der Waals surface area (Å²) in [6, 6.07) is 2.45. The highest BCUT2D eigenvalue weighted by Gasteiger charge is 2.31. The molecular formula is C14H20N2O2S. The number of morpholine rings is 1. The van der Waals surface area contributed by atoms with E-state index in [-0.39, 0.29) is 17.9 Å². The molecule has 0 bridgehead atoms. The van der Waals surface area contributed by atoms with Crippen molar-refractivity contribution in [2.24, 2.45) is 5.92 Å². The maximum Gasteiger partial charge on any atom is 0.223 e. The predicted octanol–water partition coefficient (Wildman–Crippen LogP) is 1.65. The monoisotopic (exact) mass is 280 g/mol. The fourth-order valence-corrected chi connectivity index (χ4v) is 3.21. The third-order valence-corrected chi connectivity index (χ3v) is 4.53. The quantitative estimate of drug-likeness (QED) is 0.891. The van der Waals surface area contributed by atoms with Gasteiger partial charge in [-0.2, -0.15) is 11.3 Å². The Morgan fingerprint density at radius 2 is 2.26 bits per heavy atom. The number of nitrogens with one attached hydrogen (secondary N) is 1. The van der Waals surface area contributed by atoms with Gasteiger partial charge in [-0.3, -0.25) is 9.69 Å². The summed E-state index contributed by atoms with van der Waals surface area (Å²) in [5.41, 5.74) is 1.31. The van der Waals surface area contributed by atoms with E-state index in [4.69, 9.17) is 4.74 Å². The van der Waals surface area contributed by atoms with E-state index in [2.05, 4.69) is 27.0 Å². The number of amides is 1. The molecular weight excluding hydrogens is 260 g/mol. The minimum absolute atomic E-state index is 0.230. The molecule has 5 heteroatoms. The number of rotatable bonds is 5. The van der Waals surface area contributed by atoms with Crippen LogP contribution < -0.4 is 5.32 Å². The van der Waals surface area contributed by atoms with Crippen LogP contribution in [0.4, 0.5) is 0 Å². The first-order chi connectivity index (χ1) is 9.34. The standard InChI is InChI=1S/C14H20N2O2S/c17-14(11-1-2-11)15-9-13(12-3-8-19-10-12)16-4-6-18-7-5-16/h3,8,10-11,13H,1-2,4-7,9H2,(H,15,17). The number of hydrogen-bond acceptors (Lipinski definition) is 4. The molecule has 4 nitrogen and oxygen atoms in total. The second kappa shape index (κ2) is 6.03. The van der Waals surface area contributed by atoms with Crippen LogP contribution in [-0.4, -0.2) is 43.7 Å². The van der Waals surface area contributed by atoms with Crippen molar-refractivity contribution in [1.29, 1.82) is 0 Å². The summed E-state index contributed by atoms with van der Waals surface area (Å²) < 4.78 is 5.41. The van der Waals surface area contributed by atoms with E-state index in [0.29, 0.717) is 6.54 Å². The first-order valence-corrected chi connectivity index (χ1v) is 7.90. The van der Waals surface area contributed by atoms with Crippen molar-refractivity contribution in [2.75, 3.05) is 32.8 Å². The molecule has 2 aliphatic rings. The lowest BCUT2D eigenvalue weighted by Crippen LogP contribution is -2.43. The number of carbonyl (C=O) groups is 1. The number of thiophene rings is 1.